The maximum atomic E-state index is 6.69. The van der Waals surface area contributed by atoms with E-state index in [2.05, 4.69) is 75.4 Å². The van der Waals surface area contributed by atoms with E-state index in [4.69, 9.17) is 11.6 Å². The fourth-order valence-corrected chi connectivity index (χ4v) is 4.65. The van der Waals surface area contributed by atoms with E-state index in [0.29, 0.717) is 0 Å². The molecule has 0 saturated carbocycles. The third kappa shape index (κ3) is 1.91. The lowest BCUT2D eigenvalue weighted by Crippen LogP contribution is -2.23. The van der Waals surface area contributed by atoms with Gasteiger partial charge < -0.3 is 0 Å². The van der Waals surface area contributed by atoms with Crippen molar-refractivity contribution in [2.45, 2.75) is 26.2 Å². The topological polar surface area (TPSA) is 0 Å². The molecule has 0 N–H and O–H groups in total. The molecule has 0 bridgehead atoms. The van der Waals surface area contributed by atoms with Gasteiger partial charge in [-0.2, -0.15) is 0 Å². The summed E-state index contributed by atoms with van der Waals surface area (Å²) in [6, 6.07) is 21.5. The Labute approximate surface area is 142 Å². The fourth-order valence-electron chi connectivity index (χ4n) is 4.29. The molecule has 0 nitrogen and oxygen atoms in total. The molecule has 0 radical (unpaired) electrons. The van der Waals surface area contributed by atoms with Crippen LogP contribution >= 0.6 is 11.6 Å². The maximum Gasteiger partial charge on any atom is 0.0456 e. The first-order valence-corrected chi connectivity index (χ1v) is 8.38. The van der Waals surface area contributed by atoms with Crippen LogP contribution in [0.4, 0.5) is 0 Å². The van der Waals surface area contributed by atoms with Crippen LogP contribution in [0.25, 0.3) is 11.1 Å². The van der Waals surface area contributed by atoms with Gasteiger partial charge in [0.05, 0.1) is 0 Å². The van der Waals surface area contributed by atoms with Gasteiger partial charge in [0.1, 0.15) is 0 Å². The van der Waals surface area contributed by atoms with Gasteiger partial charge in [-0.3, -0.25) is 0 Å². The lowest BCUT2D eigenvalue weighted by molar-refractivity contribution is 0.708. The van der Waals surface area contributed by atoms with Gasteiger partial charge in [-0.1, -0.05) is 71.8 Å². The van der Waals surface area contributed by atoms with Crippen LogP contribution in [0.15, 0.2) is 60.7 Å². The average Bonchev–Trinajstić information content (AvgIpc) is 2.80. The minimum Gasteiger partial charge on any atom is -0.0840 e. The molecule has 1 atom stereocenters. The Bertz CT molecular complexity index is 909. The standard InChI is InChI=1S/C22H19Cl/c1-14-12-15(2)20-18(13-14)17-10-7-11-19(23)21(17)22(20,3)16-8-5-4-6-9-16/h4-13H,1-3H3. The molecule has 114 valence electrons. The molecule has 0 aliphatic heterocycles. The molecule has 23 heavy (non-hydrogen) atoms. The molecule has 3 aromatic rings. The zero-order valence-corrected chi connectivity index (χ0v) is 14.4. The molecular formula is C22H19Cl. The largest absolute Gasteiger partial charge is 0.0840 e. The fraction of sp³-hybridized carbons (Fsp3) is 0.182. The third-order valence-corrected chi connectivity index (χ3v) is 5.45. The highest BCUT2D eigenvalue weighted by molar-refractivity contribution is 6.32. The first-order chi connectivity index (χ1) is 11.0. The van der Waals surface area contributed by atoms with Crippen molar-refractivity contribution in [3.05, 3.63) is 93.5 Å². The Morgan fingerprint density at radius 2 is 1.52 bits per heavy atom. The number of halogens is 1. The van der Waals surface area contributed by atoms with Gasteiger partial charge in [0.15, 0.2) is 0 Å². The molecule has 1 aliphatic carbocycles. The molecule has 0 aromatic heterocycles. The average molecular weight is 319 g/mol. The van der Waals surface area contributed by atoms with Crippen molar-refractivity contribution in [3.63, 3.8) is 0 Å². The highest BCUT2D eigenvalue weighted by Gasteiger charge is 2.43. The van der Waals surface area contributed by atoms with Crippen LogP contribution in [0, 0.1) is 13.8 Å². The number of fused-ring (bicyclic) bond motifs is 3. The Balaban J connectivity index is 2.17. The summed E-state index contributed by atoms with van der Waals surface area (Å²) in [6.07, 6.45) is 0. The summed E-state index contributed by atoms with van der Waals surface area (Å²) in [5.74, 6) is 0. The van der Waals surface area contributed by atoms with Crippen LogP contribution in [0.1, 0.15) is 34.7 Å². The summed E-state index contributed by atoms with van der Waals surface area (Å²) in [6.45, 7) is 6.68. The van der Waals surface area contributed by atoms with Crippen molar-refractivity contribution in [2.24, 2.45) is 0 Å². The van der Waals surface area contributed by atoms with Gasteiger partial charge in [0.25, 0.3) is 0 Å². The highest BCUT2D eigenvalue weighted by Crippen LogP contribution is 2.55. The van der Waals surface area contributed by atoms with E-state index in [1.165, 1.54) is 38.9 Å². The Hall–Kier alpha value is -2.05. The molecule has 0 spiro atoms. The summed E-state index contributed by atoms with van der Waals surface area (Å²) in [5.41, 5.74) is 8.93. The van der Waals surface area contributed by atoms with Crippen molar-refractivity contribution >= 4 is 11.6 Å². The number of aryl methyl sites for hydroxylation is 2. The van der Waals surface area contributed by atoms with Crippen LogP contribution in [-0.2, 0) is 5.41 Å². The first kappa shape index (κ1) is 14.5. The predicted molar refractivity (Wildman–Crippen MR) is 98.4 cm³/mol. The first-order valence-electron chi connectivity index (χ1n) is 8.00. The Morgan fingerprint density at radius 1 is 0.783 bits per heavy atom. The maximum absolute atomic E-state index is 6.69. The van der Waals surface area contributed by atoms with Crippen molar-refractivity contribution < 1.29 is 0 Å². The monoisotopic (exact) mass is 318 g/mol. The molecule has 0 fully saturated rings. The molecule has 3 aromatic carbocycles. The van der Waals surface area contributed by atoms with E-state index in [1.807, 2.05) is 6.07 Å². The lowest BCUT2D eigenvalue weighted by Gasteiger charge is -2.30. The summed E-state index contributed by atoms with van der Waals surface area (Å²) < 4.78 is 0. The minimum atomic E-state index is -0.206. The van der Waals surface area contributed by atoms with Gasteiger partial charge in [-0.15, -0.1) is 0 Å². The second-order valence-electron chi connectivity index (χ2n) is 6.66. The smallest absolute Gasteiger partial charge is 0.0456 e. The van der Waals surface area contributed by atoms with E-state index in [0.717, 1.165) is 5.02 Å². The van der Waals surface area contributed by atoms with Gasteiger partial charge in [0, 0.05) is 10.4 Å². The van der Waals surface area contributed by atoms with E-state index in [9.17, 15) is 0 Å². The zero-order valence-electron chi connectivity index (χ0n) is 13.7. The van der Waals surface area contributed by atoms with Gasteiger partial charge in [-0.05, 0) is 60.2 Å². The summed E-state index contributed by atoms with van der Waals surface area (Å²) in [4.78, 5) is 0. The van der Waals surface area contributed by atoms with Gasteiger partial charge >= 0.3 is 0 Å². The molecule has 0 heterocycles. The van der Waals surface area contributed by atoms with E-state index in [1.54, 1.807) is 0 Å². The molecule has 1 unspecified atom stereocenters. The molecule has 4 rings (SSSR count). The zero-order chi connectivity index (χ0) is 16.2. The summed E-state index contributed by atoms with van der Waals surface area (Å²) >= 11 is 6.69. The minimum absolute atomic E-state index is 0.206. The van der Waals surface area contributed by atoms with Crippen LogP contribution in [-0.4, -0.2) is 0 Å². The van der Waals surface area contributed by atoms with Crippen molar-refractivity contribution in [3.8, 4) is 11.1 Å². The van der Waals surface area contributed by atoms with Crippen LogP contribution < -0.4 is 0 Å². The van der Waals surface area contributed by atoms with Crippen LogP contribution in [0.5, 0.6) is 0 Å². The highest BCUT2D eigenvalue weighted by atomic mass is 35.5. The van der Waals surface area contributed by atoms with Crippen molar-refractivity contribution in [1.82, 2.24) is 0 Å². The quantitative estimate of drug-likeness (QED) is 0.494. The molecule has 1 aliphatic rings. The summed E-state index contributed by atoms with van der Waals surface area (Å²) in [5, 5.41) is 0.849. The molecular weight excluding hydrogens is 300 g/mol. The number of benzene rings is 3. The normalized spacial score (nSPS) is 18.6. The van der Waals surface area contributed by atoms with Crippen LogP contribution in [0.2, 0.25) is 5.02 Å². The Morgan fingerprint density at radius 3 is 2.26 bits per heavy atom. The van der Waals surface area contributed by atoms with Crippen LogP contribution in [0.3, 0.4) is 0 Å². The molecule has 0 amide bonds. The number of hydrogen-bond acceptors (Lipinski definition) is 0. The van der Waals surface area contributed by atoms with E-state index < -0.39 is 0 Å². The van der Waals surface area contributed by atoms with Crippen molar-refractivity contribution in [2.75, 3.05) is 0 Å². The SMILES string of the molecule is Cc1cc(C)c2c(c1)-c1cccc(Cl)c1C2(C)c1ccccc1. The van der Waals surface area contributed by atoms with Crippen molar-refractivity contribution in [1.29, 1.82) is 0 Å². The van der Waals surface area contributed by atoms with Gasteiger partial charge in [-0.25, -0.2) is 0 Å². The summed E-state index contributed by atoms with van der Waals surface area (Å²) in [7, 11) is 0. The number of rotatable bonds is 1. The number of hydrogen-bond donors (Lipinski definition) is 0. The lowest BCUT2D eigenvalue weighted by atomic mass is 9.73. The molecule has 0 saturated heterocycles. The second-order valence-corrected chi connectivity index (χ2v) is 7.07. The predicted octanol–water partition coefficient (Wildman–Crippen LogP) is 6.29. The van der Waals surface area contributed by atoms with E-state index in [-0.39, 0.29) is 5.41 Å². The Kier molecular flexibility index (Phi) is 3.14. The van der Waals surface area contributed by atoms with Gasteiger partial charge in [0.2, 0.25) is 0 Å². The second kappa shape index (κ2) is 4.97. The third-order valence-electron chi connectivity index (χ3n) is 5.13. The van der Waals surface area contributed by atoms with E-state index >= 15 is 0 Å². The molecule has 1 heteroatoms.